The lowest BCUT2D eigenvalue weighted by Gasteiger charge is -2.13. The number of hydrogen-bond donors (Lipinski definition) is 0. The predicted molar refractivity (Wildman–Crippen MR) is 114 cm³/mol. The summed E-state index contributed by atoms with van der Waals surface area (Å²) in [7, 11) is 0. The number of aromatic nitrogens is 3. The number of benzene rings is 2. The fourth-order valence-corrected chi connectivity index (χ4v) is 4.82. The summed E-state index contributed by atoms with van der Waals surface area (Å²) in [6, 6.07) is 17.6. The highest BCUT2D eigenvalue weighted by atomic mass is 32.2. The van der Waals surface area contributed by atoms with Crippen molar-refractivity contribution in [3.05, 3.63) is 87.5 Å². The number of aryl methyl sites for hydroxylation is 1. The predicted octanol–water partition coefficient (Wildman–Crippen LogP) is 4.60. The lowest BCUT2D eigenvalue weighted by atomic mass is 9.97. The van der Waals surface area contributed by atoms with Gasteiger partial charge in [-0.2, -0.15) is 0 Å². The van der Waals surface area contributed by atoms with E-state index in [9.17, 15) is 4.79 Å². The van der Waals surface area contributed by atoms with Crippen molar-refractivity contribution in [1.82, 2.24) is 14.7 Å². The van der Waals surface area contributed by atoms with E-state index >= 15 is 0 Å². The van der Waals surface area contributed by atoms with Crippen molar-refractivity contribution in [2.24, 2.45) is 0 Å². The number of para-hydroxylation sites is 1. The average molecular weight is 404 g/mol. The van der Waals surface area contributed by atoms with Crippen molar-refractivity contribution in [2.45, 2.75) is 43.1 Å². The van der Waals surface area contributed by atoms with Gasteiger partial charge in [-0.05, 0) is 37.0 Å². The molecule has 1 aliphatic rings. The highest BCUT2D eigenvalue weighted by Crippen LogP contribution is 2.29. The first kappa shape index (κ1) is 18.2. The molecule has 1 aliphatic carbocycles. The number of thioether (sulfide) groups is 1. The third-order valence-electron chi connectivity index (χ3n) is 5.38. The normalized spacial score (nSPS) is 13.5. The van der Waals surface area contributed by atoms with Crippen molar-refractivity contribution in [2.75, 3.05) is 0 Å². The van der Waals surface area contributed by atoms with Crippen LogP contribution in [0.25, 0.3) is 10.9 Å². The fraction of sp³-hybridized carbons (Fsp3) is 0.261. The molecule has 0 radical (unpaired) electrons. The number of fused-ring (bicyclic) bond motifs is 2. The number of hydrogen-bond acceptors (Lipinski definition) is 5. The minimum atomic E-state index is -0.0101. The molecular weight excluding hydrogens is 382 g/mol. The molecule has 0 bridgehead atoms. The molecule has 0 unspecified atom stereocenters. The summed E-state index contributed by atoms with van der Waals surface area (Å²) >= 11 is 1.56. The van der Waals surface area contributed by atoms with Gasteiger partial charge in [0, 0.05) is 17.7 Å². The van der Waals surface area contributed by atoms with Gasteiger partial charge in [0.15, 0.2) is 5.16 Å². The van der Waals surface area contributed by atoms with Crippen LogP contribution in [0.5, 0.6) is 0 Å². The quantitative estimate of drug-likeness (QED) is 0.360. The van der Waals surface area contributed by atoms with Crippen LogP contribution in [-0.2, 0) is 25.1 Å². The van der Waals surface area contributed by atoms with Gasteiger partial charge in [-0.1, -0.05) is 59.4 Å². The molecule has 29 heavy (non-hydrogen) atoms. The third-order valence-corrected chi connectivity index (χ3v) is 6.37. The smallest absolute Gasteiger partial charge is 0.262 e. The molecule has 0 atom stereocenters. The van der Waals surface area contributed by atoms with Crippen LogP contribution in [0.15, 0.2) is 69.1 Å². The van der Waals surface area contributed by atoms with Crippen molar-refractivity contribution in [3.8, 4) is 0 Å². The zero-order valence-corrected chi connectivity index (χ0v) is 16.8. The van der Waals surface area contributed by atoms with E-state index < -0.39 is 0 Å². The molecule has 2 aromatic carbocycles. The molecular formula is C23H21N3O2S. The van der Waals surface area contributed by atoms with Gasteiger partial charge in [-0.15, -0.1) is 0 Å². The van der Waals surface area contributed by atoms with Crippen LogP contribution in [0.2, 0.25) is 0 Å². The number of rotatable bonds is 5. The maximum Gasteiger partial charge on any atom is 0.262 e. The molecule has 4 aromatic rings. The van der Waals surface area contributed by atoms with Gasteiger partial charge >= 0.3 is 0 Å². The highest BCUT2D eigenvalue weighted by molar-refractivity contribution is 7.98. The summed E-state index contributed by atoms with van der Waals surface area (Å²) in [6.07, 6.45) is 4.34. The van der Waals surface area contributed by atoms with E-state index in [0.29, 0.717) is 22.8 Å². The van der Waals surface area contributed by atoms with E-state index in [4.69, 9.17) is 9.51 Å². The van der Waals surface area contributed by atoms with E-state index in [1.807, 2.05) is 54.6 Å². The Hall–Kier alpha value is -2.86. The first-order chi connectivity index (χ1) is 14.3. The largest absolute Gasteiger partial charge is 0.361 e. The summed E-state index contributed by atoms with van der Waals surface area (Å²) in [5, 5.41) is 5.66. The van der Waals surface area contributed by atoms with Gasteiger partial charge < -0.3 is 4.52 Å². The highest BCUT2D eigenvalue weighted by Gasteiger charge is 2.20. The Bertz CT molecular complexity index is 1210. The maximum atomic E-state index is 13.2. The van der Waals surface area contributed by atoms with Crippen LogP contribution < -0.4 is 5.56 Å². The first-order valence-corrected chi connectivity index (χ1v) is 10.9. The van der Waals surface area contributed by atoms with Crippen molar-refractivity contribution >= 4 is 22.7 Å². The van der Waals surface area contributed by atoms with Gasteiger partial charge in [0.2, 0.25) is 0 Å². The third kappa shape index (κ3) is 3.60. The van der Waals surface area contributed by atoms with E-state index in [-0.39, 0.29) is 5.56 Å². The van der Waals surface area contributed by atoms with Gasteiger partial charge in [0.25, 0.3) is 5.56 Å². The molecule has 0 fully saturated rings. The molecule has 0 saturated carbocycles. The van der Waals surface area contributed by atoms with E-state index in [1.165, 1.54) is 12.0 Å². The molecule has 2 heterocycles. The lowest BCUT2D eigenvalue weighted by Crippen LogP contribution is -2.24. The Morgan fingerprint density at radius 2 is 1.79 bits per heavy atom. The molecule has 5 rings (SSSR count). The van der Waals surface area contributed by atoms with Crippen molar-refractivity contribution in [1.29, 1.82) is 0 Å². The number of nitrogens with zero attached hydrogens (tertiary/aromatic N) is 3. The molecule has 5 nitrogen and oxygen atoms in total. The van der Waals surface area contributed by atoms with Gasteiger partial charge in [0.1, 0.15) is 5.76 Å². The maximum absolute atomic E-state index is 13.2. The summed E-state index contributed by atoms with van der Waals surface area (Å²) in [6.45, 7) is 0.497. The van der Waals surface area contributed by atoms with Crippen molar-refractivity contribution < 1.29 is 4.52 Å². The minimum absolute atomic E-state index is 0.0101. The zero-order valence-electron chi connectivity index (χ0n) is 16.0. The average Bonchev–Trinajstić information content (AvgIpc) is 3.18. The van der Waals surface area contributed by atoms with Gasteiger partial charge in [0.05, 0.1) is 23.1 Å². The Balaban J connectivity index is 1.52. The first-order valence-electron chi connectivity index (χ1n) is 9.92. The van der Waals surface area contributed by atoms with Crippen LogP contribution in [0.3, 0.4) is 0 Å². The van der Waals surface area contributed by atoms with E-state index in [1.54, 1.807) is 16.3 Å². The summed E-state index contributed by atoms with van der Waals surface area (Å²) in [4.78, 5) is 18.0. The Morgan fingerprint density at radius 1 is 1.00 bits per heavy atom. The van der Waals surface area contributed by atoms with Crippen LogP contribution in [0, 0.1) is 0 Å². The lowest BCUT2D eigenvalue weighted by molar-refractivity contribution is 0.369. The summed E-state index contributed by atoms with van der Waals surface area (Å²) < 4.78 is 7.32. The Kier molecular flexibility index (Phi) is 4.94. The Labute approximate surface area is 172 Å². The fourth-order valence-electron chi connectivity index (χ4n) is 3.86. The molecule has 0 N–H and O–H groups in total. The van der Waals surface area contributed by atoms with Crippen LogP contribution in [0.4, 0.5) is 0 Å². The second-order valence-electron chi connectivity index (χ2n) is 7.32. The molecule has 6 heteroatoms. The monoisotopic (exact) mass is 403 g/mol. The second kappa shape index (κ2) is 7.87. The second-order valence-corrected chi connectivity index (χ2v) is 8.26. The molecule has 0 spiro atoms. The standard InChI is InChI=1S/C23H21N3O2S/c27-22-18-11-4-6-12-19(18)24-23(26(22)14-16-8-2-1-3-9-16)29-15-20-17-10-5-7-13-21(17)28-25-20/h1-4,6,8-9,11-12H,5,7,10,13-15H2. The Morgan fingerprint density at radius 3 is 2.69 bits per heavy atom. The topological polar surface area (TPSA) is 60.9 Å². The molecule has 0 aliphatic heterocycles. The molecule has 0 amide bonds. The molecule has 0 saturated heterocycles. The van der Waals surface area contributed by atoms with E-state index in [2.05, 4.69) is 5.16 Å². The SMILES string of the molecule is O=c1c2ccccc2nc(SCc2noc3c2CCCC3)n1Cc1ccccc1. The summed E-state index contributed by atoms with van der Waals surface area (Å²) in [5.74, 6) is 1.68. The summed E-state index contributed by atoms with van der Waals surface area (Å²) in [5.41, 5.74) is 4.03. The van der Waals surface area contributed by atoms with Crippen LogP contribution in [0.1, 0.15) is 35.4 Å². The molecule has 2 aromatic heterocycles. The molecule has 146 valence electrons. The zero-order chi connectivity index (χ0) is 19.6. The van der Waals surface area contributed by atoms with Crippen LogP contribution in [-0.4, -0.2) is 14.7 Å². The van der Waals surface area contributed by atoms with E-state index in [0.717, 1.165) is 41.8 Å². The van der Waals surface area contributed by atoms with Crippen molar-refractivity contribution in [3.63, 3.8) is 0 Å². The van der Waals surface area contributed by atoms with Crippen LogP contribution >= 0.6 is 11.8 Å². The van der Waals surface area contributed by atoms with Gasteiger partial charge in [-0.3, -0.25) is 9.36 Å². The minimum Gasteiger partial charge on any atom is -0.361 e. The van der Waals surface area contributed by atoms with Gasteiger partial charge in [-0.25, -0.2) is 4.98 Å².